The Bertz CT molecular complexity index is 1020. The third-order valence-corrected chi connectivity index (χ3v) is 4.17. The average Bonchev–Trinajstić information content (AvgIpc) is 2.99. The predicted molar refractivity (Wildman–Crippen MR) is 96.3 cm³/mol. The van der Waals surface area contributed by atoms with Gasteiger partial charge < -0.3 is 5.32 Å². The lowest BCUT2D eigenvalue weighted by Crippen LogP contribution is -1.94. The van der Waals surface area contributed by atoms with Crippen LogP contribution in [0.25, 0.3) is 22.2 Å². The zero-order chi connectivity index (χ0) is 16.5. The van der Waals surface area contributed by atoms with E-state index in [9.17, 15) is 0 Å². The third kappa shape index (κ3) is 2.50. The van der Waals surface area contributed by atoms with Crippen molar-refractivity contribution in [2.24, 2.45) is 0 Å². The molecule has 118 valence electrons. The molecule has 0 unspecified atom stereocenters. The van der Waals surface area contributed by atoms with Gasteiger partial charge >= 0.3 is 0 Å². The fourth-order valence-corrected chi connectivity index (χ4v) is 2.93. The summed E-state index contributed by atoms with van der Waals surface area (Å²) in [5.41, 5.74) is 6.67. The molecule has 0 radical (unpaired) electrons. The first-order chi connectivity index (χ1) is 11.7. The van der Waals surface area contributed by atoms with Crippen LogP contribution in [0.4, 0.5) is 11.5 Å². The maximum absolute atomic E-state index is 4.28. The number of aryl methyl sites for hydroxylation is 2. The number of hydrogen-bond acceptors (Lipinski definition) is 4. The number of rotatable bonds is 3. The van der Waals surface area contributed by atoms with Gasteiger partial charge in [0, 0.05) is 5.69 Å². The smallest absolute Gasteiger partial charge is 0.180 e. The van der Waals surface area contributed by atoms with E-state index in [2.05, 4.69) is 82.0 Å². The molecule has 2 heterocycles. The van der Waals surface area contributed by atoms with E-state index in [0.29, 0.717) is 5.65 Å². The summed E-state index contributed by atoms with van der Waals surface area (Å²) in [5.74, 6) is 0.753. The molecule has 0 amide bonds. The fourth-order valence-electron chi connectivity index (χ4n) is 2.93. The number of nitrogens with one attached hydrogen (secondary N) is 2. The van der Waals surface area contributed by atoms with Gasteiger partial charge in [-0.15, -0.1) is 5.10 Å². The topological polar surface area (TPSA) is 66.5 Å². The highest BCUT2D eigenvalue weighted by Gasteiger charge is 2.09. The van der Waals surface area contributed by atoms with Crippen molar-refractivity contribution in [3.05, 3.63) is 65.9 Å². The molecule has 0 saturated heterocycles. The molecule has 0 bridgehead atoms. The molecule has 4 rings (SSSR count). The van der Waals surface area contributed by atoms with Gasteiger partial charge in [-0.2, -0.15) is 10.2 Å². The Labute approximate surface area is 139 Å². The fraction of sp³-hybridized carbons (Fsp3) is 0.105. The second-order valence-electron chi connectivity index (χ2n) is 5.84. The minimum Gasteiger partial charge on any atom is -0.338 e. The molecule has 4 aromatic rings. The summed E-state index contributed by atoms with van der Waals surface area (Å²) < 4.78 is 0. The van der Waals surface area contributed by atoms with Gasteiger partial charge in [0.25, 0.3) is 0 Å². The number of aromatic nitrogens is 4. The predicted octanol–water partition coefficient (Wildman–Crippen LogP) is 4.38. The summed E-state index contributed by atoms with van der Waals surface area (Å²) >= 11 is 0. The molecule has 0 aliphatic carbocycles. The van der Waals surface area contributed by atoms with Crippen LogP contribution in [0.1, 0.15) is 11.1 Å². The van der Waals surface area contributed by atoms with Gasteiger partial charge in [0.05, 0.1) is 11.6 Å². The van der Waals surface area contributed by atoms with Crippen molar-refractivity contribution in [3.63, 3.8) is 0 Å². The number of aromatic amines is 1. The molecule has 0 saturated carbocycles. The zero-order valence-corrected chi connectivity index (χ0v) is 13.5. The van der Waals surface area contributed by atoms with Crippen LogP contribution < -0.4 is 5.32 Å². The van der Waals surface area contributed by atoms with Gasteiger partial charge in [-0.1, -0.05) is 30.3 Å². The molecule has 2 aromatic carbocycles. The molecule has 5 heteroatoms. The van der Waals surface area contributed by atoms with E-state index >= 15 is 0 Å². The van der Waals surface area contributed by atoms with Gasteiger partial charge in [-0.05, 0) is 54.3 Å². The Balaban J connectivity index is 1.69. The Morgan fingerprint density at radius 3 is 2.58 bits per heavy atom. The normalized spacial score (nSPS) is 10.9. The van der Waals surface area contributed by atoms with E-state index in [-0.39, 0.29) is 0 Å². The molecular weight excluding hydrogens is 298 g/mol. The van der Waals surface area contributed by atoms with Crippen molar-refractivity contribution < 1.29 is 0 Å². The molecule has 0 spiro atoms. The van der Waals surface area contributed by atoms with Crippen molar-refractivity contribution in [1.29, 1.82) is 0 Å². The minimum absolute atomic E-state index is 0.674. The quantitative estimate of drug-likeness (QED) is 0.589. The summed E-state index contributed by atoms with van der Waals surface area (Å²) in [6.45, 7) is 4.26. The van der Waals surface area contributed by atoms with Crippen LogP contribution in [0.15, 0.2) is 54.7 Å². The first kappa shape index (κ1) is 14.4. The molecule has 2 N–H and O–H groups in total. The first-order valence-corrected chi connectivity index (χ1v) is 7.82. The second kappa shape index (κ2) is 5.77. The number of hydrogen-bond donors (Lipinski definition) is 2. The maximum atomic E-state index is 4.28. The van der Waals surface area contributed by atoms with Gasteiger partial charge in [0.15, 0.2) is 11.5 Å². The van der Waals surface area contributed by atoms with Crippen LogP contribution in [-0.4, -0.2) is 20.4 Å². The third-order valence-electron chi connectivity index (χ3n) is 4.17. The molecule has 0 aliphatic rings. The highest BCUT2D eigenvalue weighted by atomic mass is 15.2. The molecule has 24 heavy (non-hydrogen) atoms. The van der Waals surface area contributed by atoms with E-state index in [1.54, 1.807) is 6.20 Å². The Hall–Kier alpha value is -3.21. The van der Waals surface area contributed by atoms with Gasteiger partial charge in [0.2, 0.25) is 0 Å². The molecule has 2 aromatic heterocycles. The van der Waals surface area contributed by atoms with Crippen LogP contribution in [0.3, 0.4) is 0 Å². The number of fused-ring (bicyclic) bond motifs is 1. The lowest BCUT2D eigenvalue weighted by atomic mass is 9.96. The van der Waals surface area contributed by atoms with Crippen molar-refractivity contribution in [2.45, 2.75) is 13.8 Å². The molecular formula is C19H17N5. The van der Waals surface area contributed by atoms with Crippen LogP contribution in [0.5, 0.6) is 0 Å². The highest BCUT2D eigenvalue weighted by Crippen LogP contribution is 2.30. The number of nitrogens with zero attached hydrogens (tertiary/aromatic N) is 3. The zero-order valence-electron chi connectivity index (χ0n) is 13.5. The molecule has 5 nitrogen and oxygen atoms in total. The average molecular weight is 315 g/mol. The SMILES string of the molecule is Cc1ccccc1-c1ccc(Nc2n[nH]c3nnccc23)cc1C. The Morgan fingerprint density at radius 1 is 0.917 bits per heavy atom. The molecule has 0 aliphatic heterocycles. The standard InChI is InChI=1S/C19H17N5/c1-12-5-3-4-6-15(12)16-8-7-14(11-13(16)2)21-18-17-9-10-20-22-19(17)24-23-18/h3-11H,1-2H3,(H2,21,22,23,24). The maximum Gasteiger partial charge on any atom is 0.180 e. The number of H-pyrrole nitrogens is 1. The highest BCUT2D eigenvalue weighted by molar-refractivity contribution is 5.88. The van der Waals surface area contributed by atoms with Crippen LogP contribution in [-0.2, 0) is 0 Å². The monoisotopic (exact) mass is 315 g/mol. The van der Waals surface area contributed by atoms with Crippen molar-refractivity contribution in [1.82, 2.24) is 20.4 Å². The lowest BCUT2D eigenvalue weighted by Gasteiger charge is -2.12. The van der Waals surface area contributed by atoms with Crippen molar-refractivity contribution in [2.75, 3.05) is 5.32 Å². The van der Waals surface area contributed by atoms with Crippen molar-refractivity contribution in [3.8, 4) is 11.1 Å². The summed E-state index contributed by atoms with van der Waals surface area (Å²) in [4.78, 5) is 0. The summed E-state index contributed by atoms with van der Waals surface area (Å²) in [6.07, 6.45) is 1.66. The van der Waals surface area contributed by atoms with E-state index in [1.807, 2.05) is 6.07 Å². The summed E-state index contributed by atoms with van der Waals surface area (Å²) in [6, 6.07) is 16.7. The Morgan fingerprint density at radius 2 is 1.75 bits per heavy atom. The van der Waals surface area contributed by atoms with Crippen LogP contribution in [0.2, 0.25) is 0 Å². The minimum atomic E-state index is 0.674. The Kier molecular flexibility index (Phi) is 3.46. The van der Waals surface area contributed by atoms with E-state index in [0.717, 1.165) is 16.9 Å². The van der Waals surface area contributed by atoms with Gasteiger partial charge in [0.1, 0.15) is 0 Å². The molecule has 0 fully saturated rings. The van der Waals surface area contributed by atoms with E-state index in [4.69, 9.17) is 0 Å². The number of anilines is 2. The van der Waals surface area contributed by atoms with Gasteiger partial charge in [-0.3, -0.25) is 5.10 Å². The largest absolute Gasteiger partial charge is 0.338 e. The molecule has 0 atom stereocenters. The van der Waals surface area contributed by atoms with Crippen LogP contribution >= 0.6 is 0 Å². The number of benzene rings is 2. The van der Waals surface area contributed by atoms with Crippen molar-refractivity contribution >= 4 is 22.5 Å². The van der Waals surface area contributed by atoms with E-state index in [1.165, 1.54) is 22.3 Å². The van der Waals surface area contributed by atoms with Gasteiger partial charge in [-0.25, -0.2) is 0 Å². The second-order valence-corrected chi connectivity index (χ2v) is 5.84. The first-order valence-electron chi connectivity index (χ1n) is 7.82. The van der Waals surface area contributed by atoms with E-state index < -0.39 is 0 Å². The van der Waals surface area contributed by atoms with Crippen LogP contribution in [0, 0.1) is 13.8 Å². The lowest BCUT2D eigenvalue weighted by molar-refractivity contribution is 1.02. The summed E-state index contributed by atoms with van der Waals surface area (Å²) in [5, 5.41) is 19.3. The summed E-state index contributed by atoms with van der Waals surface area (Å²) in [7, 11) is 0.